The Labute approximate surface area is 77.2 Å². The zero-order valence-corrected chi connectivity index (χ0v) is 7.73. The summed E-state index contributed by atoms with van der Waals surface area (Å²) in [6, 6.07) is -0.981. The van der Waals surface area contributed by atoms with Gasteiger partial charge in [0, 0.05) is 6.92 Å². The number of ether oxygens (including phenoxy) is 1. The number of aliphatic hydroxyl groups is 1. The molecule has 0 saturated carbocycles. The molecule has 1 radical (unpaired) electrons. The first-order valence-electron chi connectivity index (χ1n) is 4.22. The van der Waals surface area contributed by atoms with Gasteiger partial charge in [0.2, 0.25) is 5.91 Å². The summed E-state index contributed by atoms with van der Waals surface area (Å²) >= 11 is 0. The highest BCUT2D eigenvalue weighted by molar-refractivity contribution is 5.73. The van der Waals surface area contributed by atoms with E-state index in [1.807, 2.05) is 0 Å². The van der Waals surface area contributed by atoms with Crippen molar-refractivity contribution in [3.63, 3.8) is 0 Å². The Morgan fingerprint density at radius 3 is 2.85 bits per heavy atom. The third kappa shape index (κ3) is 2.40. The molecule has 1 aliphatic rings. The van der Waals surface area contributed by atoms with Crippen molar-refractivity contribution in [1.82, 2.24) is 5.32 Å². The number of nitrogens with one attached hydrogen (secondary N) is 1. The number of hydrogen-bond donors (Lipinski definition) is 3. The van der Waals surface area contributed by atoms with Crippen LogP contribution in [0.2, 0.25) is 0 Å². The molecule has 0 aliphatic carbocycles. The lowest BCUT2D eigenvalue weighted by Crippen LogP contribution is -2.59. The van der Waals surface area contributed by atoms with Gasteiger partial charge in [-0.25, -0.2) is 0 Å². The third-order valence-electron chi connectivity index (χ3n) is 2.11. The van der Waals surface area contributed by atoms with E-state index in [4.69, 9.17) is 10.5 Å². The molecule has 1 rings (SSSR count). The lowest BCUT2D eigenvalue weighted by atomic mass is 9.97. The maximum absolute atomic E-state index is 10.7. The predicted molar refractivity (Wildman–Crippen MR) is 46.4 cm³/mol. The molecule has 4 atom stereocenters. The van der Waals surface area contributed by atoms with Gasteiger partial charge >= 0.3 is 0 Å². The molecule has 75 valence electrons. The maximum Gasteiger partial charge on any atom is 0.217 e. The summed E-state index contributed by atoms with van der Waals surface area (Å²) in [4.78, 5) is 10.7. The number of hydrogen-bond acceptors (Lipinski definition) is 4. The largest absolute Gasteiger partial charge is 0.389 e. The Kier molecular flexibility index (Phi) is 3.24. The highest BCUT2D eigenvalue weighted by Gasteiger charge is 2.35. The zero-order valence-electron chi connectivity index (χ0n) is 7.73. The molecule has 0 unspecified atom stereocenters. The lowest BCUT2D eigenvalue weighted by Gasteiger charge is -2.36. The molecule has 1 heterocycles. The van der Waals surface area contributed by atoms with Gasteiger partial charge in [-0.15, -0.1) is 0 Å². The molecule has 1 saturated heterocycles. The minimum atomic E-state index is -0.785. The standard InChI is InChI=1S/C8H15N2O3/c1-4-7(9)8(12)6(3-13-4)10-5(2)11/h3-4,6-8,12H,9H2,1-2H3,(H,10,11)/t4-,6+,7+,8-/m1/s1. The maximum atomic E-state index is 10.7. The molecule has 1 fully saturated rings. The summed E-state index contributed by atoms with van der Waals surface area (Å²) in [5, 5.41) is 12.1. The molecule has 0 aromatic rings. The number of rotatable bonds is 1. The van der Waals surface area contributed by atoms with Gasteiger partial charge in [-0.2, -0.15) is 0 Å². The minimum Gasteiger partial charge on any atom is -0.389 e. The van der Waals surface area contributed by atoms with Gasteiger partial charge in [-0.3, -0.25) is 4.79 Å². The molecule has 5 heteroatoms. The van der Waals surface area contributed by atoms with Gasteiger partial charge in [0.15, 0.2) is 0 Å². The Hall–Kier alpha value is -0.650. The smallest absolute Gasteiger partial charge is 0.217 e. The van der Waals surface area contributed by atoms with Crippen LogP contribution in [0.1, 0.15) is 13.8 Å². The van der Waals surface area contributed by atoms with E-state index in [0.29, 0.717) is 0 Å². The van der Waals surface area contributed by atoms with Gasteiger partial charge in [0.25, 0.3) is 0 Å². The van der Waals surface area contributed by atoms with Crippen LogP contribution in [0.5, 0.6) is 0 Å². The molecule has 0 bridgehead atoms. The van der Waals surface area contributed by atoms with Crippen LogP contribution in [-0.2, 0) is 9.53 Å². The zero-order chi connectivity index (χ0) is 10.0. The Morgan fingerprint density at radius 1 is 1.69 bits per heavy atom. The highest BCUT2D eigenvalue weighted by Crippen LogP contribution is 2.16. The molecule has 1 amide bonds. The molecule has 1 aliphatic heterocycles. The molecule has 5 nitrogen and oxygen atoms in total. The first-order chi connectivity index (χ1) is 6.02. The average Bonchev–Trinajstić information content (AvgIpc) is 2.06. The van der Waals surface area contributed by atoms with Crippen LogP contribution in [0.4, 0.5) is 0 Å². The summed E-state index contributed by atoms with van der Waals surface area (Å²) in [5.74, 6) is -0.217. The Morgan fingerprint density at radius 2 is 2.31 bits per heavy atom. The van der Waals surface area contributed by atoms with Crippen LogP contribution in [-0.4, -0.2) is 35.3 Å². The van der Waals surface area contributed by atoms with Gasteiger partial charge in [0.05, 0.1) is 24.3 Å². The minimum absolute atomic E-state index is 0.217. The average molecular weight is 187 g/mol. The number of carbonyl (C=O) groups is 1. The monoisotopic (exact) mass is 187 g/mol. The number of amides is 1. The van der Waals surface area contributed by atoms with Gasteiger partial charge in [-0.05, 0) is 6.92 Å². The normalized spacial score (nSPS) is 40.0. The number of aliphatic hydroxyl groups excluding tert-OH is 1. The van der Waals surface area contributed by atoms with E-state index in [9.17, 15) is 9.90 Å². The fraction of sp³-hybridized carbons (Fsp3) is 0.750. The third-order valence-corrected chi connectivity index (χ3v) is 2.11. The van der Waals surface area contributed by atoms with Crippen molar-refractivity contribution in [2.75, 3.05) is 0 Å². The topological polar surface area (TPSA) is 84.6 Å². The van der Waals surface area contributed by atoms with Crippen LogP contribution in [0.3, 0.4) is 0 Å². The van der Waals surface area contributed by atoms with E-state index >= 15 is 0 Å². The molecular formula is C8H15N2O3. The molecular weight excluding hydrogens is 172 g/mol. The molecule has 4 N–H and O–H groups in total. The van der Waals surface area contributed by atoms with Crippen LogP contribution in [0.25, 0.3) is 0 Å². The summed E-state index contributed by atoms with van der Waals surface area (Å²) in [7, 11) is 0. The first-order valence-corrected chi connectivity index (χ1v) is 4.22. The summed E-state index contributed by atoms with van der Waals surface area (Å²) in [6.07, 6.45) is -1.01. The SMILES string of the molecule is CC(=O)N[C@H]1[CH]O[C@H](C)[C@H](N)[C@@H]1O. The highest BCUT2D eigenvalue weighted by atomic mass is 16.5. The van der Waals surface area contributed by atoms with Crippen molar-refractivity contribution < 1.29 is 14.6 Å². The fourth-order valence-corrected chi connectivity index (χ4v) is 1.25. The molecule has 13 heavy (non-hydrogen) atoms. The van der Waals surface area contributed by atoms with E-state index in [0.717, 1.165) is 0 Å². The lowest BCUT2D eigenvalue weighted by molar-refractivity contribution is -0.122. The number of nitrogens with two attached hydrogens (primary N) is 1. The second kappa shape index (κ2) is 4.04. The van der Waals surface area contributed by atoms with Gasteiger partial charge < -0.3 is 20.9 Å². The second-order valence-corrected chi connectivity index (χ2v) is 3.27. The van der Waals surface area contributed by atoms with Crippen molar-refractivity contribution >= 4 is 5.91 Å². The molecule has 0 aromatic heterocycles. The van der Waals surface area contributed by atoms with Crippen molar-refractivity contribution in [3.8, 4) is 0 Å². The van der Waals surface area contributed by atoms with Crippen LogP contribution < -0.4 is 11.1 Å². The van der Waals surface area contributed by atoms with E-state index in [2.05, 4.69) is 5.32 Å². The van der Waals surface area contributed by atoms with E-state index in [1.54, 1.807) is 6.92 Å². The van der Waals surface area contributed by atoms with Crippen molar-refractivity contribution in [2.24, 2.45) is 5.73 Å². The Bertz CT molecular complexity index is 198. The van der Waals surface area contributed by atoms with Crippen molar-refractivity contribution in [1.29, 1.82) is 0 Å². The second-order valence-electron chi connectivity index (χ2n) is 3.27. The van der Waals surface area contributed by atoms with E-state index in [-0.39, 0.29) is 12.0 Å². The van der Waals surface area contributed by atoms with Crippen molar-refractivity contribution in [3.05, 3.63) is 6.61 Å². The fourth-order valence-electron chi connectivity index (χ4n) is 1.25. The number of carbonyl (C=O) groups excluding carboxylic acids is 1. The van der Waals surface area contributed by atoms with Crippen LogP contribution in [0, 0.1) is 6.61 Å². The van der Waals surface area contributed by atoms with E-state index in [1.165, 1.54) is 13.5 Å². The van der Waals surface area contributed by atoms with Gasteiger partial charge in [0.1, 0.15) is 6.61 Å². The molecule has 0 spiro atoms. The van der Waals surface area contributed by atoms with Crippen molar-refractivity contribution in [2.45, 2.75) is 38.1 Å². The predicted octanol–water partition coefficient (Wildman–Crippen LogP) is -1.24. The van der Waals surface area contributed by atoms with Crippen LogP contribution in [0.15, 0.2) is 0 Å². The summed E-state index contributed by atoms with van der Waals surface area (Å²) < 4.78 is 5.15. The first kappa shape index (κ1) is 10.4. The summed E-state index contributed by atoms with van der Waals surface area (Å²) in [6.45, 7) is 4.57. The van der Waals surface area contributed by atoms with Gasteiger partial charge in [-0.1, -0.05) is 0 Å². The quantitative estimate of drug-likeness (QED) is 0.479. The van der Waals surface area contributed by atoms with Crippen LogP contribution >= 0.6 is 0 Å². The summed E-state index contributed by atoms with van der Waals surface area (Å²) in [5.41, 5.74) is 5.64. The molecule has 0 aromatic carbocycles. The van der Waals surface area contributed by atoms with E-state index < -0.39 is 18.2 Å². The Balaban J connectivity index is 2.53.